The maximum atomic E-state index is 11.5. The van der Waals surface area contributed by atoms with Gasteiger partial charge in [-0.2, -0.15) is 10.2 Å². The number of methoxy groups -OCH3 is 1. The molecule has 0 amide bonds. The first-order chi connectivity index (χ1) is 10.5. The molecule has 6 heteroatoms. The van der Waals surface area contributed by atoms with Crippen molar-refractivity contribution in [3.05, 3.63) is 45.9 Å². The second kappa shape index (κ2) is 5.29. The predicted molar refractivity (Wildman–Crippen MR) is 84.4 cm³/mol. The molecule has 0 bridgehead atoms. The van der Waals surface area contributed by atoms with Crippen molar-refractivity contribution in [2.45, 2.75) is 26.7 Å². The maximum Gasteiger partial charge on any atom is 0.267 e. The molecule has 0 saturated heterocycles. The van der Waals surface area contributed by atoms with Crippen molar-refractivity contribution in [1.82, 2.24) is 19.8 Å². The van der Waals surface area contributed by atoms with Crippen LogP contribution in [-0.2, 0) is 0 Å². The molecule has 3 aromatic rings. The molecule has 1 N–H and O–H groups in total. The lowest BCUT2D eigenvalue weighted by molar-refractivity contribution is 0.385. The minimum Gasteiger partial charge on any atom is -0.481 e. The summed E-state index contributed by atoms with van der Waals surface area (Å²) in [5.74, 6) is 0.967. The van der Waals surface area contributed by atoms with Crippen molar-refractivity contribution in [3.8, 4) is 17.1 Å². The summed E-state index contributed by atoms with van der Waals surface area (Å²) in [6.07, 6.45) is 0. The van der Waals surface area contributed by atoms with E-state index >= 15 is 0 Å². The van der Waals surface area contributed by atoms with Crippen LogP contribution in [0.15, 0.2) is 29.1 Å². The van der Waals surface area contributed by atoms with Crippen LogP contribution in [-0.4, -0.2) is 26.9 Å². The van der Waals surface area contributed by atoms with E-state index in [1.807, 2.05) is 18.2 Å². The highest BCUT2D eigenvalue weighted by atomic mass is 16.5. The number of aromatic amines is 1. The first-order valence-corrected chi connectivity index (χ1v) is 7.14. The summed E-state index contributed by atoms with van der Waals surface area (Å²) in [7, 11) is 1.62. The molecule has 22 heavy (non-hydrogen) atoms. The summed E-state index contributed by atoms with van der Waals surface area (Å²) in [6.45, 7) is 5.95. The van der Waals surface area contributed by atoms with Crippen LogP contribution in [0.5, 0.6) is 5.88 Å². The van der Waals surface area contributed by atoms with Gasteiger partial charge in [0.05, 0.1) is 24.0 Å². The monoisotopic (exact) mass is 298 g/mol. The van der Waals surface area contributed by atoms with Crippen LogP contribution in [0, 0.1) is 6.92 Å². The number of hydrogen-bond donors (Lipinski definition) is 1. The Kier molecular flexibility index (Phi) is 3.44. The Morgan fingerprint density at radius 1 is 1.27 bits per heavy atom. The summed E-state index contributed by atoms with van der Waals surface area (Å²) >= 11 is 0. The van der Waals surface area contributed by atoms with Gasteiger partial charge < -0.3 is 4.74 Å². The van der Waals surface area contributed by atoms with E-state index in [0.717, 1.165) is 16.8 Å². The van der Waals surface area contributed by atoms with E-state index in [1.165, 1.54) is 0 Å². The number of rotatable bonds is 3. The molecule has 3 aromatic heterocycles. The summed E-state index contributed by atoms with van der Waals surface area (Å²) < 4.78 is 7.15. The molecule has 3 heterocycles. The van der Waals surface area contributed by atoms with E-state index in [-0.39, 0.29) is 5.56 Å². The normalized spacial score (nSPS) is 11.3. The molecule has 114 valence electrons. The van der Waals surface area contributed by atoms with Gasteiger partial charge in [0.2, 0.25) is 5.88 Å². The average Bonchev–Trinajstić information content (AvgIpc) is 2.94. The number of aryl methyl sites for hydroxylation is 1. The highest BCUT2D eigenvalue weighted by molar-refractivity contribution is 5.79. The van der Waals surface area contributed by atoms with Crippen LogP contribution in [0.25, 0.3) is 16.8 Å². The highest BCUT2D eigenvalue weighted by Gasteiger charge is 2.15. The van der Waals surface area contributed by atoms with Crippen molar-refractivity contribution in [2.24, 2.45) is 0 Å². The molecule has 0 aromatic carbocycles. The van der Waals surface area contributed by atoms with Gasteiger partial charge in [-0.05, 0) is 31.0 Å². The summed E-state index contributed by atoms with van der Waals surface area (Å²) in [5.41, 5.74) is 3.95. The summed E-state index contributed by atoms with van der Waals surface area (Å²) in [4.78, 5) is 11.5. The third kappa shape index (κ3) is 2.26. The second-order valence-electron chi connectivity index (χ2n) is 5.58. The Hall–Kier alpha value is -2.63. The van der Waals surface area contributed by atoms with Crippen LogP contribution < -0.4 is 10.3 Å². The number of fused-ring (bicyclic) bond motifs is 1. The number of H-pyrrole nitrogens is 1. The predicted octanol–water partition coefficient (Wildman–Crippen LogP) is 2.53. The van der Waals surface area contributed by atoms with E-state index < -0.39 is 0 Å². The first kappa shape index (κ1) is 14.3. The molecule has 0 fully saturated rings. The maximum absolute atomic E-state index is 11.5. The van der Waals surface area contributed by atoms with Crippen molar-refractivity contribution < 1.29 is 4.74 Å². The van der Waals surface area contributed by atoms with E-state index in [2.05, 4.69) is 29.1 Å². The molecule has 0 spiro atoms. The zero-order valence-corrected chi connectivity index (χ0v) is 13.0. The smallest absolute Gasteiger partial charge is 0.267 e. The van der Waals surface area contributed by atoms with Crippen LogP contribution in [0.4, 0.5) is 0 Å². The largest absolute Gasteiger partial charge is 0.481 e. The Morgan fingerprint density at radius 2 is 2.05 bits per heavy atom. The minimum atomic E-state index is -0.176. The molecule has 0 radical (unpaired) electrons. The molecule has 0 aliphatic heterocycles. The van der Waals surface area contributed by atoms with Crippen LogP contribution in [0.3, 0.4) is 0 Å². The molecule has 0 atom stereocenters. The van der Waals surface area contributed by atoms with Gasteiger partial charge in [-0.1, -0.05) is 13.8 Å². The number of nitrogens with one attached hydrogen (secondary N) is 1. The molecule has 0 unspecified atom stereocenters. The molecule has 0 saturated carbocycles. The Bertz CT molecular complexity index is 893. The van der Waals surface area contributed by atoms with Crippen molar-refractivity contribution >= 4 is 5.52 Å². The van der Waals surface area contributed by atoms with Crippen molar-refractivity contribution in [1.29, 1.82) is 0 Å². The average molecular weight is 298 g/mol. The molecule has 0 aliphatic carbocycles. The lowest BCUT2D eigenvalue weighted by Crippen LogP contribution is -2.11. The lowest BCUT2D eigenvalue weighted by Gasteiger charge is -2.07. The molecule has 0 aliphatic rings. The number of ether oxygens (including phenoxy) is 1. The lowest BCUT2D eigenvalue weighted by atomic mass is 10.1. The standard InChI is InChI=1S/C16H18N4O2/c1-9(2)12-8-14-11(5-6-15(22-4)20(14)19-12)13-7-10(3)16(21)18-17-13/h5-9H,1-4H3,(H,18,21). The van der Waals surface area contributed by atoms with Crippen LogP contribution in [0.2, 0.25) is 0 Å². The Balaban J connectivity index is 2.29. The van der Waals surface area contributed by atoms with Crippen molar-refractivity contribution in [2.75, 3.05) is 7.11 Å². The molecule has 3 rings (SSSR count). The van der Waals surface area contributed by atoms with Crippen molar-refractivity contribution in [3.63, 3.8) is 0 Å². The van der Waals surface area contributed by atoms with Gasteiger partial charge in [0.1, 0.15) is 0 Å². The molecular weight excluding hydrogens is 280 g/mol. The minimum absolute atomic E-state index is 0.176. The van der Waals surface area contributed by atoms with Crippen LogP contribution in [0.1, 0.15) is 31.0 Å². The first-order valence-electron chi connectivity index (χ1n) is 7.14. The van der Waals surface area contributed by atoms with Gasteiger partial charge in [-0.3, -0.25) is 4.79 Å². The van der Waals surface area contributed by atoms with Crippen LogP contribution >= 0.6 is 0 Å². The zero-order chi connectivity index (χ0) is 15.9. The van der Waals surface area contributed by atoms with E-state index in [0.29, 0.717) is 23.1 Å². The molecular formula is C16H18N4O2. The Labute approximate surface area is 127 Å². The molecule has 6 nitrogen and oxygen atoms in total. The highest BCUT2D eigenvalue weighted by Crippen LogP contribution is 2.29. The van der Waals surface area contributed by atoms with E-state index in [4.69, 9.17) is 4.74 Å². The fourth-order valence-electron chi connectivity index (χ4n) is 2.36. The fourth-order valence-corrected chi connectivity index (χ4v) is 2.36. The third-order valence-corrected chi connectivity index (χ3v) is 3.67. The summed E-state index contributed by atoms with van der Waals surface area (Å²) in [5, 5.41) is 11.3. The van der Waals surface area contributed by atoms with E-state index in [1.54, 1.807) is 24.6 Å². The van der Waals surface area contributed by atoms with Gasteiger partial charge in [0.15, 0.2) is 0 Å². The third-order valence-electron chi connectivity index (χ3n) is 3.67. The zero-order valence-electron chi connectivity index (χ0n) is 13.0. The SMILES string of the molecule is COc1ccc(-c2cc(C)c(=O)[nH]n2)c2cc(C(C)C)nn12. The number of aromatic nitrogens is 4. The quantitative estimate of drug-likeness (QED) is 0.806. The van der Waals surface area contributed by atoms with Gasteiger partial charge in [0, 0.05) is 17.2 Å². The Morgan fingerprint density at radius 3 is 2.68 bits per heavy atom. The van der Waals surface area contributed by atoms with E-state index in [9.17, 15) is 4.79 Å². The topological polar surface area (TPSA) is 72.3 Å². The number of nitrogens with zero attached hydrogens (tertiary/aromatic N) is 3. The number of hydrogen-bond acceptors (Lipinski definition) is 4. The second-order valence-corrected chi connectivity index (χ2v) is 5.58. The van der Waals surface area contributed by atoms with Gasteiger partial charge in [-0.15, -0.1) is 0 Å². The van der Waals surface area contributed by atoms with Gasteiger partial charge >= 0.3 is 0 Å². The fraction of sp³-hybridized carbons (Fsp3) is 0.312. The number of pyridine rings is 1. The van der Waals surface area contributed by atoms with Gasteiger partial charge in [0.25, 0.3) is 5.56 Å². The summed E-state index contributed by atoms with van der Waals surface area (Å²) in [6, 6.07) is 7.59. The van der Waals surface area contributed by atoms with Gasteiger partial charge in [-0.25, -0.2) is 9.61 Å².